The molecule has 0 aliphatic carbocycles. The molecule has 6 nitrogen and oxygen atoms in total. The molecule has 1 N–H and O–H groups in total. The number of aromatic nitrogens is 3. The van der Waals surface area contributed by atoms with Gasteiger partial charge in [-0.2, -0.15) is 5.10 Å². The molecular formula is C18H25N5O. The van der Waals surface area contributed by atoms with E-state index in [1.54, 1.807) is 0 Å². The van der Waals surface area contributed by atoms with Crippen molar-refractivity contribution in [3.8, 4) is 0 Å². The van der Waals surface area contributed by atoms with Crippen LogP contribution in [0.4, 0.5) is 0 Å². The van der Waals surface area contributed by atoms with Crippen LogP contribution in [0, 0.1) is 5.92 Å². The van der Waals surface area contributed by atoms with Gasteiger partial charge in [-0.25, -0.2) is 0 Å². The van der Waals surface area contributed by atoms with Crippen molar-refractivity contribution in [1.82, 2.24) is 25.0 Å². The third-order valence-electron chi connectivity index (χ3n) is 5.34. The average molecular weight is 327 g/mol. The van der Waals surface area contributed by atoms with Crippen LogP contribution in [0.1, 0.15) is 17.7 Å². The van der Waals surface area contributed by atoms with Gasteiger partial charge in [0.05, 0.1) is 25.1 Å². The molecule has 0 aromatic carbocycles. The third kappa shape index (κ3) is 3.22. The molecule has 2 aromatic heterocycles. The highest BCUT2D eigenvalue weighted by Crippen LogP contribution is 2.39. The van der Waals surface area contributed by atoms with Crippen molar-refractivity contribution < 1.29 is 4.74 Å². The van der Waals surface area contributed by atoms with Crippen molar-refractivity contribution in [3.05, 3.63) is 48.0 Å². The molecular weight excluding hydrogens is 302 g/mol. The van der Waals surface area contributed by atoms with Gasteiger partial charge in [0.2, 0.25) is 0 Å². The highest BCUT2D eigenvalue weighted by molar-refractivity contribution is 5.12. The summed E-state index contributed by atoms with van der Waals surface area (Å²) in [5.41, 5.74) is 2.62. The van der Waals surface area contributed by atoms with Gasteiger partial charge in [0.1, 0.15) is 0 Å². The van der Waals surface area contributed by atoms with Crippen molar-refractivity contribution >= 4 is 0 Å². The van der Waals surface area contributed by atoms with Crippen molar-refractivity contribution in [3.63, 3.8) is 0 Å². The minimum absolute atomic E-state index is 0.350. The molecule has 0 amide bonds. The molecule has 2 aromatic rings. The van der Waals surface area contributed by atoms with Gasteiger partial charge < -0.3 is 4.74 Å². The maximum Gasteiger partial charge on any atom is 0.0887 e. The van der Waals surface area contributed by atoms with Gasteiger partial charge in [0, 0.05) is 49.7 Å². The first-order valence-corrected chi connectivity index (χ1v) is 8.62. The number of pyridine rings is 1. The fraction of sp³-hybridized carbons (Fsp3) is 0.556. The molecule has 4 heterocycles. The van der Waals surface area contributed by atoms with Crippen LogP contribution in [0.15, 0.2) is 36.8 Å². The quantitative estimate of drug-likeness (QED) is 0.872. The SMILES string of the molecule is CN1CC(COCc2ccccn2)CC12CN(Cc1cn[nH]c1)C2. The maximum atomic E-state index is 5.91. The van der Waals surface area contributed by atoms with Crippen molar-refractivity contribution in [2.75, 3.05) is 33.3 Å². The summed E-state index contributed by atoms with van der Waals surface area (Å²) in [5.74, 6) is 0.620. The zero-order valence-electron chi connectivity index (χ0n) is 14.2. The summed E-state index contributed by atoms with van der Waals surface area (Å²) >= 11 is 0. The Bertz CT molecular complexity index is 639. The van der Waals surface area contributed by atoms with Crippen LogP contribution in [-0.4, -0.2) is 63.8 Å². The molecule has 2 aliphatic rings. The Hall–Kier alpha value is -1.76. The second kappa shape index (κ2) is 6.63. The van der Waals surface area contributed by atoms with E-state index in [0.717, 1.165) is 38.5 Å². The molecule has 6 heteroatoms. The molecule has 2 saturated heterocycles. The lowest BCUT2D eigenvalue weighted by atomic mass is 9.84. The number of hydrogen-bond acceptors (Lipinski definition) is 5. The molecule has 0 saturated carbocycles. The zero-order valence-corrected chi connectivity index (χ0v) is 14.2. The first-order valence-electron chi connectivity index (χ1n) is 8.62. The van der Waals surface area contributed by atoms with Crippen LogP contribution in [0.2, 0.25) is 0 Å². The lowest BCUT2D eigenvalue weighted by Crippen LogP contribution is -2.66. The summed E-state index contributed by atoms with van der Waals surface area (Å²) < 4.78 is 5.91. The molecule has 1 unspecified atom stereocenters. The lowest BCUT2D eigenvalue weighted by Gasteiger charge is -2.52. The Morgan fingerprint density at radius 1 is 1.38 bits per heavy atom. The number of ether oxygens (including phenoxy) is 1. The summed E-state index contributed by atoms with van der Waals surface area (Å²) in [7, 11) is 2.26. The van der Waals surface area contributed by atoms with Crippen LogP contribution in [-0.2, 0) is 17.9 Å². The molecule has 1 spiro atoms. The number of aromatic amines is 1. The first kappa shape index (κ1) is 15.7. The normalized spacial score (nSPS) is 23.6. The van der Waals surface area contributed by atoms with Crippen LogP contribution in [0.5, 0.6) is 0 Å². The molecule has 0 radical (unpaired) electrons. The molecule has 2 fully saturated rings. The Morgan fingerprint density at radius 3 is 3.04 bits per heavy atom. The van der Waals surface area contributed by atoms with E-state index >= 15 is 0 Å². The van der Waals surface area contributed by atoms with E-state index in [2.05, 4.69) is 32.0 Å². The van der Waals surface area contributed by atoms with E-state index in [9.17, 15) is 0 Å². The highest BCUT2D eigenvalue weighted by Gasteiger charge is 2.51. The number of H-pyrrole nitrogens is 1. The van der Waals surface area contributed by atoms with Crippen LogP contribution in [0.3, 0.4) is 0 Å². The van der Waals surface area contributed by atoms with Crippen molar-refractivity contribution in [2.45, 2.75) is 25.1 Å². The second-order valence-electron chi connectivity index (χ2n) is 7.26. The molecule has 24 heavy (non-hydrogen) atoms. The molecule has 0 bridgehead atoms. The Morgan fingerprint density at radius 2 is 2.29 bits per heavy atom. The van der Waals surface area contributed by atoms with Gasteiger partial charge in [-0.05, 0) is 31.5 Å². The standard InChI is InChI=1S/C18H25N5O/c1-22-9-15(11-24-12-17-4-2-3-5-19-17)6-18(22)13-23(14-18)10-16-7-20-21-8-16/h2-5,7-8,15H,6,9-14H2,1H3,(H,20,21). The van der Waals surface area contributed by atoms with Gasteiger partial charge >= 0.3 is 0 Å². The fourth-order valence-electron chi connectivity index (χ4n) is 4.15. The highest BCUT2D eigenvalue weighted by atomic mass is 16.5. The minimum Gasteiger partial charge on any atom is -0.375 e. The van der Waals surface area contributed by atoms with Crippen LogP contribution < -0.4 is 0 Å². The summed E-state index contributed by atoms with van der Waals surface area (Å²) in [6, 6.07) is 5.96. The third-order valence-corrected chi connectivity index (χ3v) is 5.34. The van der Waals surface area contributed by atoms with Gasteiger partial charge in [-0.15, -0.1) is 0 Å². The van der Waals surface area contributed by atoms with E-state index in [0.29, 0.717) is 18.1 Å². The Labute approximate surface area is 142 Å². The average Bonchev–Trinajstić information content (AvgIpc) is 3.17. The second-order valence-corrected chi connectivity index (χ2v) is 7.26. The summed E-state index contributed by atoms with van der Waals surface area (Å²) in [5, 5.41) is 6.91. The number of hydrogen-bond donors (Lipinski definition) is 1. The first-order chi connectivity index (χ1) is 11.7. The topological polar surface area (TPSA) is 57.3 Å². The summed E-state index contributed by atoms with van der Waals surface area (Å²) in [4.78, 5) is 9.34. The van der Waals surface area contributed by atoms with Crippen molar-refractivity contribution in [1.29, 1.82) is 0 Å². The van der Waals surface area contributed by atoms with Crippen LogP contribution in [0.25, 0.3) is 0 Å². The Balaban J connectivity index is 1.23. The molecule has 128 valence electrons. The van der Waals surface area contributed by atoms with Crippen molar-refractivity contribution in [2.24, 2.45) is 5.92 Å². The van der Waals surface area contributed by atoms with Gasteiger partial charge in [0.15, 0.2) is 0 Å². The molecule has 1 atom stereocenters. The van der Waals surface area contributed by atoms with Gasteiger partial charge in [-0.3, -0.25) is 19.9 Å². The number of likely N-dealkylation sites (tertiary alicyclic amines) is 2. The summed E-state index contributed by atoms with van der Waals surface area (Å²) in [6.45, 7) is 5.84. The predicted molar refractivity (Wildman–Crippen MR) is 91.2 cm³/mol. The predicted octanol–water partition coefficient (Wildman–Crippen LogP) is 1.53. The van der Waals surface area contributed by atoms with Crippen LogP contribution >= 0.6 is 0 Å². The van der Waals surface area contributed by atoms with Gasteiger partial charge in [-0.1, -0.05) is 6.07 Å². The van der Waals surface area contributed by atoms with E-state index in [4.69, 9.17) is 4.74 Å². The Kier molecular flexibility index (Phi) is 4.35. The number of likely N-dealkylation sites (N-methyl/N-ethyl adjacent to an activating group) is 1. The maximum absolute atomic E-state index is 5.91. The number of nitrogens with one attached hydrogen (secondary N) is 1. The zero-order chi connectivity index (χ0) is 16.4. The number of nitrogens with zero attached hydrogens (tertiary/aromatic N) is 4. The molecule has 2 aliphatic heterocycles. The molecule has 4 rings (SSSR count). The van der Waals surface area contributed by atoms with Gasteiger partial charge in [0.25, 0.3) is 0 Å². The van der Waals surface area contributed by atoms with E-state index in [1.807, 2.05) is 36.8 Å². The minimum atomic E-state index is 0.350. The lowest BCUT2D eigenvalue weighted by molar-refractivity contribution is -0.0226. The fourth-order valence-corrected chi connectivity index (χ4v) is 4.15. The van der Waals surface area contributed by atoms with E-state index in [-0.39, 0.29) is 0 Å². The smallest absolute Gasteiger partial charge is 0.0887 e. The largest absolute Gasteiger partial charge is 0.375 e. The van der Waals surface area contributed by atoms with E-state index < -0.39 is 0 Å². The number of rotatable bonds is 6. The monoisotopic (exact) mass is 327 g/mol. The summed E-state index contributed by atoms with van der Waals surface area (Å²) in [6.07, 6.45) is 6.95. The van der Waals surface area contributed by atoms with E-state index in [1.165, 1.54) is 12.0 Å².